The Morgan fingerprint density at radius 2 is 1.85 bits per heavy atom. The van der Waals surface area contributed by atoms with Gasteiger partial charge in [0.2, 0.25) is 5.91 Å². The van der Waals surface area contributed by atoms with E-state index in [1.165, 1.54) is 24.0 Å². The SMILES string of the molecule is CC(OC(=O)C1CCN(c2ccc(C(N)=O)cn2)CC1)C(=O)N(c1nccs1)C1CCCCC1. The van der Waals surface area contributed by atoms with Crippen molar-refractivity contribution in [1.29, 1.82) is 0 Å². The summed E-state index contributed by atoms with van der Waals surface area (Å²) in [6, 6.07) is 3.52. The summed E-state index contributed by atoms with van der Waals surface area (Å²) in [6.07, 6.45) is 8.77. The van der Waals surface area contributed by atoms with Gasteiger partial charge in [-0.1, -0.05) is 19.3 Å². The maximum atomic E-state index is 13.3. The van der Waals surface area contributed by atoms with Gasteiger partial charge in [0.15, 0.2) is 11.2 Å². The van der Waals surface area contributed by atoms with Gasteiger partial charge in [-0.15, -0.1) is 11.3 Å². The Labute approximate surface area is 203 Å². The van der Waals surface area contributed by atoms with Crippen LogP contribution in [-0.4, -0.2) is 53.0 Å². The third kappa shape index (κ3) is 5.55. The van der Waals surface area contributed by atoms with E-state index in [9.17, 15) is 14.4 Å². The van der Waals surface area contributed by atoms with Crippen molar-refractivity contribution in [2.75, 3.05) is 22.9 Å². The number of amides is 2. The lowest BCUT2D eigenvalue weighted by Crippen LogP contribution is -2.48. The second-order valence-corrected chi connectivity index (χ2v) is 9.80. The third-order valence-electron chi connectivity index (χ3n) is 6.63. The average molecular weight is 486 g/mol. The first-order chi connectivity index (χ1) is 16.4. The molecule has 3 heterocycles. The molecule has 1 unspecified atom stereocenters. The summed E-state index contributed by atoms with van der Waals surface area (Å²) < 4.78 is 5.67. The minimum atomic E-state index is -0.862. The van der Waals surface area contributed by atoms with E-state index in [1.54, 1.807) is 30.2 Å². The number of thiazole rings is 1. The highest BCUT2D eigenvalue weighted by atomic mass is 32.1. The first-order valence-electron chi connectivity index (χ1n) is 11.9. The molecule has 2 aromatic heterocycles. The van der Waals surface area contributed by atoms with Crippen LogP contribution < -0.4 is 15.5 Å². The van der Waals surface area contributed by atoms with Crippen molar-refractivity contribution in [1.82, 2.24) is 9.97 Å². The fourth-order valence-corrected chi connectivity index (χ4v) is 5.40. The van der Waals surface area contributed by atoms with Crippen LogP contribution in [-0.2, 0) is 14.3 Å². The molecule has 0 bridgehead atoms. The van der Waals surface area contributed by atoms with E-state index in [-0.39, 0.29) is 23.8 Å². The van der Waals surface area contributed by atoms with E-state index >= 15 is 0 Å². The Balaban J connectivity index is 1.33. The number of hydrogen-bond acceptors (Lipinski definition) is 8. The fraction of sp³-hybridized carbons (Fsp3) is 0.542. The molecule has 1 atom stereocenters. The normalized spacial score (nSPS) is 18.3. The Bertz CT molecular complexity index is 983. The topological polar surface area (TPSA) is 119 Å². The van der Waals surface area contributed by atoms with E-state index in [0.717, 1.165) is 31.5 Å². The van der Waals surface area contributed by atoms with Crippen molar-refractivity contribution in [3.05, 3.63) is 35.5 Å². The number of hydrogen-bond donors (Lipinski definition) is 1. The molecule has 34 heavy (non-hydrogen) atoms. The van der Waals surface area contributed by atoms with E-state index < -0.39 is 12.0 Å². The van der Waals surface area contributed by atoms with Gasteiger partial charge in [-0.25, -0.2) is 9.97 Å². The van der Waals surface area contributed by atoms with Crippen molar-refractivity contribution in [2.45, 2.75) is 64.0 Å². The van der Waals surface area contributed by atoms with Crippen LogP contribution in [0.25, 0.3) is 0 Å². The second-order valence-electron chi connectivity index (χ2n) is 8.92. The molecule has 2 fully saturated rings. The van der Waals surface area contributed by atoms with Crippen LogP contribution in [0.5, 0.6) is 0 Å². The summed E-state index contributed by atoms with van der Waals surface area (Å²) in [5.74, 6) is -0.570. The molecule has 9 nitrogen and oxygen atoms in total. The molecule has 10 heteroatoms. The van der Waals surface area contributed by atoms with Crippen molar-refractivity contribution in [3.63, 3.8) is 0 Å². The number of nitrogens with zero attached hydrogens (tertiary/aromatic N) is 4. The summed E-state index contributed by atoms with van der Waals surface area (Å²) in [5, 5.41) is 2.53. The van der Waals surface area contributed by atoms with Crippen LogP contribution in [0.15, 0.2) is 29.9 Å². The molecule has 182 valence electrons. The number of anilines is 2. The smallest absolute Gasteiger partial charge is 0.309 e. The fourth-order valence-electron chi connectivity index (χ4n) is 4.68. The number of nitrogens with two attached hydrogens (primary N) is 1. The highest BCUT2D eigenvalue weighted by molar-refractivity contribution is 7.13. The average Bonchev–Trinajstić information content (AvgIpc) is 3.39. The highest BCUT2D eigenvalue weighted by Gasteiger charge is 2.35. The number of aromatic nitrogens is 2. The molecule has 1 saturated heterocycles. The predicted octanol–water partition coefficient (Wildman–Crippen LogP) is 3.15. The van der Waals surface area contributed by atoms with Gasteiger partial charge in [0.05, 0.1) is 11.5 Å². The van der Waals surface area contributed by atoms with Crippen LogP contribution in [0.1, 0.15) is 62.2 Å². The lowest BCUT2D eigenvalue weighted by molar-refractivity contribution is -0.158. The quantitative estimate of drug-likeness (QED) is 0.598. The Hall–Kier alpha value is -3.01. The lowest BCUT2D eigenvalue weighted by atomic mass is 9.94. The molecule has 2 aromatic rings. The third-order valence-corrected chi connectivity index (χ3v) is 7.40. The van der Waals surface area contributed by atoms with Crippen molar-refractivity contribution >= 4 is 40.1 Å². The number of piperidine rings is 1. The van der Waals surface area contributed by atoms with Gasteiger partial charge in [-0.2, -0.15) is 0 Å². The molecule has 2 amide bonds. The molecule has 1 aliphatic carbocycles. The van der Waals surface area contributed by atoms with Crippen molar-refractivity contribution < 1.29 is 19.1 Å². The molecule has 0 aromatic carbocycles. The largest absolute Gasteiger partial charge is 0.452 e. The summed E-state index contributed by atoms with van der Waals surface area (Å²) in [6.45, 7) is 2.93. The number of carbonyl (C=O) groups is 3. The summed E-state index contributed by atoms with van der Waals surface area (Å²) >= 11 is 1.43. The Kier molecular flexibility index (Phi) is 7.77. The van der Waals surface area contributed by atoms with Crippen LogP contribution in [0.2, 0.25) is 0 Å². The molecular weight excluding hydrogens is 454 g/mol. The number of pyridine rings is 1. The second kappa shape index (κ2) is 10.9. The van der Waals surface area contributed by atoms with Gasteiger partial charge < -0.3 is 15.4 Å². The van der Waals surface area contributed by atoms with E-state index in [2.05, 4.69) is 14.9 Å². The molecule has 2 aliphatic rings. The maximum Gasteiger partial charge on any atom is 0.309 e. The van der Waals surface area contributed by atoms with Gasteiger partial charge >= 0.3 is 5.97 Å². The number of rotatable bonds is 7. The zero-order chi connectivity index (χ0) is 24.1. The van der Waals surface area contributed by atoms with E-state index in [4.69, 9.17) is 10.5 Å². The standard InChI is InChI=1S/C24H31N5O4S/c1-16(22(31)29(24-26-11-14-34-24)19-5-3-2-4-6-19)33-23(32)17-9-12-28(13-10-17)20-8-7-18(15-27-20)21(25)30/h7-8,11,14-17,19H,2-6,9-10,12-13H2,1H3,(H2,25,30). The molecule has 0 radical (unpaired) electrons. The molecular formula is C24H31N5O4S. The minimum absolute atomic E-state index is 0.102. The molecule has 0 spiro atoms. The maximum absolute atomic E-state index is 13.3. The zero-order valence-corrected chi connectivity index (χ0v) is 20.2. The summed E-state index contributed by atoms with van der Waals surface area (Å²) in [7, 11) is 0. The number of primary amides is 1. The lowest BCUT2D eigenvalue weighted by Gasteiger charge is -2.35. The molecule has 4 rings (SSSR count). The molecule has 1 aliphatic heterocycles. The first kappa shape index (κ1) is 24.1. The van der Waals surface area contributed by atoms with Crippen LogP contribution in [0.4, 0.5) is 10.9 Å². The minimum Gasteiger partial charge on any atom is -0.452 e. The summed E-state index contributed by atoms with van der Waals surface area (Å²) in [4.78, 5) is 49.9. The first-order valence-corrected chi connectivity index (χ1v) is 12.8. The molecule has 2 N–H and O–H groups in total. The van der Waals surface area contributed by atoms with E-state index in [1.807, 2.05) is 5.38 Å². The number of carbonyl (C=O) groups excluding carboxylic acids is 3. The van der Waals surface area contributed by atoms with Gasteiger partial charge in [0, 0.05) is 36.9 Å². The van der Waals surface area contributed by atoms with Gasteiger partial charge in [-0.05, 0) is 44.7 Å². The van der Waals surface area contributed by atoms with Gasteiger partial charge in [0.25, 0.3) is 5.91 Å². The zero-order valence-electron chi connectivity index (χ0n) is 19.4. The highest BCUT2D eigenvalue weighted by Crippen LogP contribution is 2.30. The number of ether oxygens (including phenoxy) is 1. The number of esters is 1. The van der Waals surface area contributed by atoms with Crippen molar-refractivity contribution in [2.24, 2.45) is 11.7 Å². The molecule has 1 saturated carbocycles. The van der Waals surface area contributed by atoms with Gasteiger partial charge in [0.1, 0.15) is 5.82 Å². The van der Waals surface area contributed by atoms with Crippen LogP contribution in [0, 0.1) is 5.92 Å². The van der Waals surface area contributed by atoms with Crippen molar-refractivity contribution in [3.8, 4) is 0 Å². The summed E-state index contributed by atoms with van der Waals surface area (Å²) in [5.41, 5.74) is 5.63. The monoisotopic (exact) mass is 485 g/mol. The van der Waals surface area contributed by atoms with E-state index in [0.29, 0.717) is 36.6 Å². The Morgan fingerprint density at radius 3 is 2.44 bits per heavy atom. The predicted molar refractivity (Wildman–Crippen MR) is 130 cm³/mol. The van der Waals surface area contributed by atoms with Crippen LogP contribution >= 0.6 is 11.3 Å². The van der Waals surface area contributed by atoms with Crippen LogP contribution in [0.3, 0.4) is 0 Å². The van der Waals surface area contributed by atoms with Gasteiger partial charge in [-0.3, -0.25) is 19.3 Å². The Morgan fingerprint density at radius 1 is 1.12 bits per heavy atom.